The number of hydrogen-bond donors (Lipinski definition) is 1. The number of carboxylic acid groups (broad SMARTS) is 1. The lowest BCUT2D eigenvalue weighted by Crippen LogP contribution is -2.22. The Bertz CT molecular complexity index is 390. The highest BCUT2D eigenvalue weighted by molar-refractivity contribution is 5.72. The molecule has 1 rings (SSSR count). The fourth-order valence-electron chi connectivity index (χ4n) is 0.925. The summed E-state index contributed by atoms with van der Waals surface area (Å²) in [5, 5.41) is 19.0. The van der Waals surface area contributed by atoms with E-state index in [1.165, 1.54) is 31.2 Å². The number of aliphatic carboxylic acids is 1. The Morgan fingerprint density at radius 1 is 1.60 bits per heavy atom. The predicted octanol–water partition coefficient (Wildman–Crippen LogP) is 1.45. The number of ether oxygens (including phenoxy) is 1. The third-order valence-electron chi connectivity index (χ3n) is 1.69. The fourth-order valence-corrected chi connectivity index (χ4v) is 0.925. The molecule has 6 nitrogen and oxygen atoms in total. The van der Waals surface area contributed by atoms with E-state index in [1.807, 2.05) is 0 Å². The van der Waals surface area contributed by atoms with Crippen LogP contribution in [0.5, 0.6) is 5.75 Å². The molecule has 0 bridgehead atoms. The van der Waals surface area contributed by atoms with E-state index in [-0.39, 0.29) is 11.4 Å². The van der Waals surface area contributed by atoms with E-state index in [0.29, 0.717) is 0 Å². The van der Waals surface area contributed by atoms with Crippen LogP contribution in [0.3, 0.4) is 0 Å². The average Bonchev–Trinajstić information content (AvgIpc) is 2.18. The summed E-state index contributed by atoms with van der Waals surface area (Å²) in [4.78, 5) is 20.3. The van der Waals surface area contributed by atoms with E-state index in [4.69, 9.17) is 9.84 Å². The Labute approximate surface area is 85.2 Å². The number of nitro groups is 1. The van der Waals surface area contributed by atoms with Crippen molar-refractivity contribution in [1.29, 1.82) is 0 Å². The second kappa shape index (κ2) is 4.41. The molecule has 15 heavy (non-hydrogen) atoms. The van der Waals surface area contributed by atoms with E-state index in [1.54, 1.807) is 0 Å². The maximum Gasteiger partial charge on any atom is 0.344 e. The van der Waals surface area contributed by atoms with E-state index in [0.717, 1.165) is 0 Å². The molecule has 0 unspecified atom stereocenters. The van der Waals surface area contributed by atoms with Gasteiger partial charge in [-0.15, -0.1) is 0 Å². The lowest BCUT2D eigenvalue weighted by molar-refractivity contribution is -0.384. The molecule has 1 atom stereocenters. The van der Waals surface area contributed by atoms with Gasteiger partial charge >= 0.3 is 5.97 Å². The van der Waals surface area contributed by atoms with E-state index < -0.39 is 17.0 Å². The molecule has 80 valence electrons. The lowest BCUT2D eigenvalue weighted by Gasteiger charge is -2.09. The number of carboxylic acids is 1. The average molecular weight is 211 g/mol. The summed E-state index contributed by atoms with van der Waals surface area (Å²) in [6.07, 6.45) is -1.04. The van der Waals surface area contributed by atoms with Crippen LogP contribution >= 0.6 is 0 Å². The Hall–Kier alpha value is -2.11. The van der Waals surface area contributed by atoms with E-state index in [9.17, 15) is 14.9 Å². The largest absolute Gasteiger partial charge is 0.479 e. The van der Waals surface area contributed by atoms with Crippen LogP contribution in [0.1, 0.15) is 6.92 Å². The third-order valence-corrected chi connectivity index (χ3v) is 1.69. The summed E-state index contributed by atoms with van der Waals surface area (Å²) in [6, 6.07) is 5.38. The first-order valence-corrected chi connectivity index (χ1v) is 4.14. The van der Waals surface area contributed by atoms with Crippen molar-refractivity contribution in [3.05, 3.63) is 34.4 Å². The molecule has 0 heterocycles. The molecule has 0 aromatic heterocycles. The molecule has 0 aliphatic carbocycles. The number of hydrogen-bond acceptors (Lipinski definition) is 4. The highest BCUT2D eigenvalue weighted by Gasteiger charge is 2.14. The summed E-state index contributed by atoms with van der Waals surface area (Å²) in [5.74, 6) is -0.958. The lowest BCUT2D eigenvalue weighted by atomic mass is 10.3. The van der Waals surface area contributed by atoms with E-state index in [2.05, 4.69) is 0 Å². The molecule has 0 aliphatic heterocycles. The van der Waals surface area contributed by atoms with Gasteiger partial charge in [-0.05, 0) is 13.0 Å². The maximum atomic E-state index is 10.5. The van der Waals surface area contributed by atoms with Gasteiger partial charge in [0.1, 0.15) is 5.75 Å². The number of benzene rings is 1. The van der Waals surface area contributed by atoms with Crippen LogP contribution in [0.2, 0.25) is 0 Å². The zero-order valence-corrected chi connectivity index (χ0v) is 7.91. The first-order chi connectivity index (χ1) is 7.00. The Morgan fingerprint density at radius 2 is 2.27 bits per heavy atom. The highest BCUT2D eigenvalue weighted by atomic mass is 16.6. The Morgan fingerprint density at radius 3 is 2.80 bits per heavy atom. The molecule has 0 aliphatic rings. The maximum absolute atomic E-state index is 10.5. The van der Waals surface area contributed by atoms with Crippen LogP contribution < -0.4 is 4.74 Å². The van der Waals surface area contributed by atoms with Crippen LogP contribution in [0.15, 0.2) is 24.3 Å². The number of nitrogens with zero attached hydrogens (tertiary/aromatic N) is 1. The summed E-state index contributed by atoms with van der Waals surface area (Å²) in [5.41, 5.74) is -0.134. The van der Waals surface area contributed by atoms with Crippen molar-refractivity contribution in [2.75, 3.05) is 0 Å². The molecule has 0 amide bonds. The zero-order valence-electron chi connectivity index (χ0n) is 7.91. The molecular weight excluding hydrogens is 202 g/mol. The molecule has 1 aromatic carbocycles. The minimum atomic E-state index is -1.12. The van der Waals surface area contributed by atoms with Crippen molar-refractivity contribution in [3.63, 3.8) is 0 Å². The molecule has 0 saturated carbocycles. The van der Waals surface area contributed by atoms with Crippen molar-refractivity contribution in [3.8, 4) is 5.75 Å². The topological polar surface area (TPSA) is 89.7 Å². The van der Waals surface area contributed by atoms with Gasteiger partial charge in [0.2, 0.25) is 0 Å². The molecule has 1 N–H and O–H groups in total. The predicted molar refractivity (Wildman–Crippen MR) is 50.8 cm³/mol. The minimum absolute atomic E-state index is 0.134. The summed E-state index contributed by atoms with van der Waals surface area (Å²) < 4.78 is 4.96. The van der Waals surface area contributed by atoms with Crippen molar-refractivity contribution >= 4 is 11.7 Å². The normalized spacial score (nSPS) is 11.8. The number of rotatable bonds is 4. The van der Waals surface area contributed by atoms with Gasteiger partial charge in [-0.1, -0.05) is 6.07 Å². The molecule has 0 spiro atoms. The minimum Gasteiger partial charge on any atom is -0.479 e. The van der Waals surface area contributed by atoms with Crippen molar-refractivity contribution in [2.24, 2.45) is 0 Å². The Balaban J connectivity index is 2.82. The summed E-state index contributed by atoms with van der Waals surface area (Å²) >= 11 is 0. The molecule has 0 saturated heterocycles. The van der Waals surface area contributed by atoms with Crippen LogP contribution in [0.4, 0.5) is 5.69 Å². The van der Waals surface area contributed by atoms with Crippen LogP contribution in [0.25, 0.3) is 0 Å². The van der Waals surface area contributed by atoms with Crippen molar-refractivity contribution in [1.82, 2.24) is 0 Å². The van der Waals surface area contributed by atoms with Gasteiger partial charge in [-0.3, -0.25) is 10.1 Å². The molecule has 6 heteroatoms. The summed E-state index contributed by atoms with van der Waals surface area (Å²) in [7, 11) is 0. The third kappa shape index (κ3) is 2.94. The summed E-state index contributed by atoms with van der Waals surface area (Å²) in [6.45, 7) is 1.35. The number of non-ortho nitro benzene ring substituents is 1. The second-order valence-corrected chi connectivity index (χ2v) is 2.85. The van der Waals surface area contributed by atoms with Crippen molar-refractivity contribution < 1.29 is 19.6 Å². The SMILES string of the molecule is C[C@@H](Oc1cccc([N+](=O)[O-])c1)C(=O)O. The van der Waals surface area contributed by atoms with Crippen molar-refractivity contribution in [2.45, 2.75) is 13.0 Å². The second-order valence-electron chi connectivity index (χ2n) is 2.85. The van der Waals surface area contributed by atoms with Gasteiger partial charge in [-0.25, -0.2) is 4.79 Å². The van der Waals surface area contributed by atoms with Gasteiger partial charge in [0.05, 0.1) is 11.0 Å². The van der Waals surface area contributed by atoms with E-state index >= 15 is 0 Å². The van der Waals surface area contributed by atoms with Gasteiger partial charge in [0, 0.05) is 6.07 Å². The molecule has 0 fully saturated rings. The number of nitro benzene ring substituents is 1. The zero-order chi connectivity index (χ0) is 11.4. The van der Waals surface area contributed by atoms with Crippen LogP contribution in [-0.2, 0) is 4.79 Å². The highest BCUT2D eigenvalue weighted by Crippen LogP contribution is 2.19. The number of carbonyl (C=O) groups is 1. The van der Waals surface area contributed by atoms with Gasteiger partial charge in [0.15, 0.2) is 6.10 Å². The van der Waals surface area contributed by atoms with Crippen LogP contribution in [-0.4, -0.2) is 22.1 Å². The first-order valence-electron chi connectivity index (χ1n) is 4.14. The van der Waals surface area contributed by atoms with Crippen LogP contribution in [0, 0.1) is 10.1 Å². The standard InChI is InChI=1S/C9H9NO5/c1-6(9(11)12)15-8-4-2-3-7(5-8)10(13)14/h2-6H,1H3,(H,11,12)/t6-/m1/s1. The molecular formula is C9H9NO5. The quantitative estimate of drug-likeness (QED) is 0.601. The monoisotopic (exact) mass is 211 g/mol. The Kier molecular flexibility index (Phi) is 3.22. The molecule has 0 radical (unpaired) electrons. The first kappa shape index (κ1) is 11.0. The van der Waals surface area contributed by atoms with Gasteiger partial charge < -0.3 is 9.84 Å². The fraction of sp³-hybridized carbons (Fsp3) is 0.222. The van der Waals surface area contributed by atoms with Gasteiger partial charge in [0.25, 0.3) is 5.69 Å². The smallest absolute Gasteiger partial charge is 0.344 e. The molecule has 1 aromatic rings. The van der Waals surface area contributed by atoms with Gasteiger partial charge in [-0.2, -0.15) is 0 Å².